The van der Waals surface area contributed by atoms with Crippen molar-refractivity contribution in [2.24, 2.45) is 0 Å². The zero-order valence-electron chi connectivity index (χ0n) is 10.7. The number of carboxylic acids is 1. The summed E-state index contributed by atoms with van der Waals surface area (Å²) in [4.78, 5) is 11.0. The van der Waals surface area contributed by atoms with Crippen LogP contribution in [0.2, 0.25) is 0 Å². The molecule has 0 spiro atoms. The van der Waals surface area contributed by atoms with Crippen LogP contribution in [-0.2, 0) is 16.4 Å². The van der Waals surface area contributed by atoms with E-state index in [1.165, 1.54) is 23.5 Å². The van der Waals surface area contributed by atoms with Gasteiger partial charge in [0.25, 0.3) is 0 Å². The van der Waals surface area contributed by atoms with Gasteiger partial charge in [0.15, 0.2) is 0 Å². The van der Waals surface area contributed by atoms with Gasteiger partial charge in [0.2, 0.25) is 10.0 Å². The Labute approximate surface area is 113 Å². The van der Waals surface area contributed by atoms with Crippen molar-refractivity contribution in [3.05, 3.63) is 48.0 Å². The minimum Gasteiger partial charge on any atom is -0.478 e. The molecular formula is C13H17NO4S. The lowest BCUT2D eigenvalue weighted by atomic mass is 10.1. The number of hydrogen-bond acceptors (Lipinski definition) is 3. The quantitative estimate of drug-likeness (QED) is 0.767. The first-order valence-electron chi connectivity index (χ1n) is 5.74. The van der Waals surface area contributed by atoms with E-state index in [0.29, 0.717) is 12.0 Å². The molecule has 0 unspecified atom stereocenters. The van der Waals surface area contributed by atoms with E-state index in [4.69, 9.17) is 5.11 Å². The second-order valence-electron chi connectivity index (χ2n) is 4.10. The summed E-state index contributed by atoms with van der Waals surface area (Å²) in [7, 11) is -1.87. The maximum absolute atomic E-state index is 11.7. The molecule has 0 saturated carbocycles. The van der Waals surface area contributed by atoms with Crippen molar-refractivity contribution in [3.63, 3.8) is 0 Å². The largest absolute Gasteiger partial charge is 0.478 e. The van der Waals surface area contributed by atoms with Crippen LogP contribution >= 0.6 is 0 Å². The van der Waals surface area contributed by atoms with Crippen LogP contribution in [0.25, 0.3) is 0 Å². The Kier molecular flexibility index (Phi) is 5.26. The fourth-order valence-electron chi connectivity index (χ4n) is 1.64. The van der Waals surface area contributed by atoms with E-state index >= 15 is 0 Å². The van der Waals surface area contributed by atoms with E-state index in [1.807, 2.05) is 0 Å². The number of rotatable bonds is 7. The van der Waals surface area contributed by atoms with Crippen molar-refractivity contribution >= 4 is 16.0 Å². The lowest BCUT2D eigenvalue weighted by Crippen LogP contribution is -2.30. The lowest BCUT2D eigenvalue weighted by molar-refractivity contribution is 0.0695. The van der Waals surface area contributed by atoms with Gasteiger partial charge in [0, 0.05) is 13.6 Å². The van der Waals surface area contributed by atoms with Crippen molar-refractivity contribution in [2.45, 2.75) is 6.42 Å². The summed E-state index contributed by atoms with van der Waals surface area (Å²) in [5.74, 6) is -1.13. The van der Waals surface area contributed by atoms with Crippen LogP contribution in [0.1, 0.15) is 15.9 Å². The lowest BCUT2D eigenvalue weighted by Gasteiger charge is -2.16. The van der Waals surface area contributed by atoms with Gasteiger partial charge in [-0.1, -0.05) is 24.3 Å². The van der Waals surface area contributed by atoms with Crippen LogP contribution in [0.3, 0.4) is 0 Å². The van der Waals surface area contributed by atoms with Crippen LogP contribution in [0.15, 0.2) is 36.9 Å². The minimum absolute atomic E-state index is 0.121. The molecule has 1 aromatic rings. The molecular weight excluding hydrogens is 266 g/mol. The summed E-state index contributed by atoms with van der Waals surface area (Å²) in [6, 6.07) is 6.58. The molecule has 0 heterocycles. The molecule has 0 radical (unpaired) electrons. The van der Waals surface area contributed by atoms with Gasteiger partial charge in [-0.25, -0.2) is 17.5 Å². The topological polar surface area (TPSA) is 74.7 Å². The monoisotopic (exact) mass is 283 g/mol. The van der Waals surface area contributed by atoms with Gasteiger partial charge in [0.1, 0.15) is 0 Å². The first-order valence-corrected chi connectivity index (χ1v) is 7.35. The van der Waals surface area contributed by atoms with E-state index in [9.17, 15) is 13.2 Å². The summed E-state index contributed by atoms with van der Waals surface area (Å²) >= 11 is 0. The van der Waals surface area contributed by atoms with E-state index < -0.39 is 16.0 Å². The van der Waals surface area contributed by atoms with Crippen LogP contribution in [0.4, 0.5) is 0 Å². The Hall–Kier alpha value is -1.66. The summed E-state index contributed by atoms with van der Waals surface area (Å²) in [5.41, 5.74) is 0.827. The summed E-state index contributed by atoms with van der Waals surface area (Å²) < 4.78 is 24.6. The highest BCUT2D eigenvalue weighted by molar-refractivity contribution is 7.89. The second-order valence-corrected chi connectivity index (χ2v) is 6.22. The number of carbonyl (C=O) groups is 1. The van der Waals surface area contributed by atoms with Crippen LogP contribution < -0.4 is 0 Å². The molecule has 1 N–H and O–H groups in total. The summed E-state index contributed by atoms with van der Waals surface area (Å²) in [6.07, 6.45) is 1.69. The van der Waals surface area contributed by atoms with Gasteiger partial charge in [-0.15, -0.1) is 6.58 Å². The highest BCUT2D eigenvalue weighted by Crippen LogP contribution is 2.11. The van der Waals surface area contributed by atoms with Gasteiger partial charge in [-0.3, -0.25) is 0 Å². The Morgan fingerprint density at radius 1 is 1.42 bits per heavy atom. The number of aromatic carboxylic acids is 1. The molecule has 1 rings (SSSR count). The predicted octanol–water partition coefficient (Wildman–Crippen LogP) is 1.37. The SMILES string of the molecule is C=CCS(=O)(=O)N(C)CCc1ccccc1C(=O)O. The van der Waals surface area contributed by atoms with Crippen LogP contribution in [0, 0.1) is 0 Å². The molecule has 19 heavy (non-hydrogen) atoms. The van der Waals surface area contributed by atoms with Crippen molar-refractivity contribution in [1.82, 2.24) is 4.31 Å². The molecule has 0 aromatic heterocycles. The Morgan fingerprint density at radius 3 is 2.63 bits per heavy atom. The van der Waals surface area contributed by atoms with Crippen molar-refractivity contribution in [1.29, 1.82) is 0 Å². The Balaban J connectivity index is 2.78. The summed E-state index contributed by atoms with van der Waals surface area (Å²) in [6.45, 7) is 3.64. The Bertz CT molecular complexity index is 566. The van der Waals surface area contributed by atoms with Crippen LogP contribution in [-0.4, -0.2) is 43.1 Å². The molecule has 5 nitrogen and oxygen atoms in total. The van der Waals surface area contributed by atoms with Crippen molar-refractivity contribution in [3.8, 4) is 0 Å². The molecule has 0 aliphatic rings. The van der Waals surface area contributed by atoms with E-state index in [0.717, 1.165) is 0 Å². The second kappa shape index (κ2) is 6.49. The molecule has 104 valence electrons. The maximum Gasteiger partial charge on any atom is 0.335 e. The van der Waals surface area contributed by atoms with Gasteiger partial charge >= 0.3 is 5.97 Å². The Morgan fingerprint density at radius 2 is 2.05 bits per heavy atom. The third-order valence-corrected chi connectivity index (χ3v) is 4.54. The fraction of sp³-hybridized carbons (Fsp3) is 0.308. The van der Waals surface area contributed by atoms with Gasteiger partial charge in [-0.2, -0.15) is 0 Å². The highest BCUT2D eigenvalue weighted by Gasteiger charge is 2.17. The number of hydrogen-bond donors (Lipinski definition) is 1. The zero-order chi connectivity index (χ0) is 14.5. The van der Waals surface area contributed by atoms with E-state index in [2.05, 4.69) is 6.58 Å². The number of likely N-dealkylation sites (N-methyl/N-ethyl adjacent to an activating group) is 1. The molecule has 0 aliphatic heterocycles. The van der Waals surface area contributed by atoms with Crippen LogP contribution in [0.5, 0.6) is 0 Å². The number of sulfonamides is 1. The van der Waals surface area contributed by atoms with Crippen molar-refractivity contribution in [2.75, 3.05) is 19.3 Å². The third kappa shape index (κ3) is 4.18. The number of carboxylic acid groups (broad SMARTS) is 1. The van der Waals surface area contributed by atoms with Gasteiger partial charge in [-0.05, 0) is 18.1 Å². The smallest absolute Gasteiger partial charge is 0.335 e. The standard InChI is InChI=1S/C13H17NO4S/c1-3-10-19(17,18)14(2)9-8-11-6-4-5-7-12(11)13(15)16/h3-7H,1,8-10H2,2H3,(H,15,16). The molecule has 0 aliphatic carbocycles. The molecule has 0 bridgehead atoms. The molecule has 0 atom stereocenters. The first kappa shape index (κ1) is 15.4. The molecule has 0 amide bonds. The number of benzene rings is 1. The average Bonchev–Trinajstić information content (AvgIpc) is 2.36. The maximum atomic E-state index is 11.7. The van der Waals surface area contributed by atoms with E-state index in [1.54, 1.807) is 18.2 Å². The minimum atomic E-state index is -3.35. The fourth-order valence-corrected chi connectivity index (χ4v) is 2.56. The van der Waals surface area contributed by atoms with Crippen molar-refractivity contribution < 1.29 is 18.3 Å². The van der Waals surface area contributed by atoms with E-state index in [-0.39, 0.29) is 17.9 Å². The molecule has 0 fully saturated rings. The molecule has 6 heteroatoms. The third-order valence-electron chi connectivity index (χ3n) is 2.75. The molecule has 0 saturated heterocycles. The average molecular weight is 283 g/mol. The number of nitrogens with zero attached hydrogens (tertiary/aromatic N) is 1. The zero-order valence-corrected chi connectivity index (χ0v) is 11.6. The predicted molar refractivity (Wildman–Crippen MR) is 73.7 cm³/mol. The molecule has 1 aromatic carbocycles. The normalized spacial score (nSPS) is 11.5. The van der Waals surface area contributed by atoms with Gasteiger partial charge in [0.05, 0.1) is 11.3 Å². The first-order chi connectivity index (χ1) is 8.88. The van der Waals surface area contributed by atoms with Gasteiger partial charge < -0.3 is 5.11 Å². The highest BCUT2D eigenvalue weighted by atomic mass is 32.2. The summed E-state index contributed by atoms with van der Waals surface area (Å²) in [5, 5.41) is 9.03.